The summed E-state index contributed by atoms with van der Waals surface area (Å²) in [6.07, 6.45) is 14.8. The minimum absolute atomic E-state index is 0. The van der Waals surface area contributed by atoms with Gasteiger partial charge in [-0.2, -0.15) is 0 Å². The maximum absolute atomic E-state index is 3.59. The van der Waals surface area contributed by atoms with E-state index in [1.54, 1.807) is 5.30 Å². The van der Waals surface area contributed by atoms with Gasteiger partial charge in [-0.25, -0.2) is 0 Å². The minimum Gasteiger partial charge on any atom is -0.0683 e. The Balaban J connectivity index is 0.00000147. The van der Waals surface area contributed by atoms with Gasteiger partial charge in [0.1, 0.15) is 0 Å². The molecule has 2 saturated carbocycles. The molecule has 0 N–H and O–H groups in total. The SMILES string of the molecule is [LiH].[c]1ccccc1P(C1CCCCC1)C1CCCCC1. The largest absolute Gasteiger partial charge is 0.0683 e. The summed E-state index contributed by atoms with van der Waals surface area (Å²) in [5.41, 5.74) is 2.01. The Morgan fingerprint density at radius 1 is 0.800 bits per heavy atom. The molecule has 0 amide bonds. The van der Waals surface area contributed by atoms with Crippen molar-refractivity contribution in [1.29, 1.82) is 0 Å². The van der Waals surface area contributed by atoms with Crippen molar-refractivity contribution in [3.05, 3.63) is 30.3 Å². The summed E-state index contributed by atoms with van der Waals surface area (Å²) in [6, 6.07) is 12.4. The molecule has 0 heterocycles. The maximum atomic E-state index is 3.59. The summed E-state index contributed by atoms with van der Waals surface area (Å²) in [6.45, 7) is 0. The Bertz CT molecular complexity index is 348. The van der Waals surface area contributed by atoms with Gasteiger partial charge in [0.2, 0.25) is 0 Å². The Kier molecular flexibility index (Phi) is 7.17. The minimum atomic E-state index is 0. The van der Waals surface area contributed by atoms with Gasteiger partial charge in [-0.05, 0) is 48.4 Å². The summed E-state index contributed by atoms with van der Waals surface area (Å²) in [5, 5.41) is 1.58. The molecule has 1 aromatic rings. The predicted octanol–water partition coefficient (Wildman–Crippen LogP) is 4.61. The van der Waals surface area contributed by atoms with Crippen molar-refractivity contribution in [3.8, 4) is 0 Å². The molecule has 1 radical (unpaired) electrons. The molecule has 0 unspecified atom stereocenters. The number of hydrogen-bond acceptors (Lipinski definition) is 0. The zero-order chi connectivity index (χ0) is 12.9. The van der Waals surface area contributed by atoms with E-state index in [1.807, 2.05) is 0 Å². The Morgan fingerprint density at radius 2 is 1.35 bits per heavy atom. The third kappa shape index (κ3) is 4.13. The van der Waals surface area contributed by atoms with Crippen LogP contribution < -0.4 is 5.30 Å². The molecule has 0 aromatic heterocycles. The molecule has 2 heteroatoms. The van der Waals surface area contributed by atoms with E-state index in [9.17, 15) is 0 Å². The van der Waals surface area contributed by atoms with Crippen molar-refractivity contribution < 1.29 is 0 Å². The second kappa shape index (κ2) is 8.63. The summed E-state index contributed by atoms with van der Waals surface area (Å²) in [4.78, 5) is 0. The van der Waals surface area contributed by atoms with E-state index in [0.29, 0.717) is 0 Å². The topological polar surface area (TPSA) is 0 Å². The first-order chi connectivity index (χ1) is 9.45. The van der Waals surface area contributed by atoms with E-state index >= 15 is 0 Å². The molecule has 0 bridgehead atoms. The first-order valence-electron chi connectivity index (χ1n) is 8.20. The standard InChI is InChI=1S/C18H26P.Li.H/c1-4-10-16(11-5-1)19(17-12-6-2-7-13-17)18-14-8-3-9-15-18;;/h1,4-5,10,17-18H,2-3,6-9,12-15H2;;. The van der Waals surface area contributed by atoms with Crippen LogP contribution in [0, 0.1) is 6.07 Å². The van der Waals surface area contributed by atoms with Crippen molar-refractivity contribution >= 4 is 32.1 Å². The van der Waals surface area contributed by atoms with Gasteiger partial charge in [-0.1, -0.05) is 70.7 Å². The van der Waals surface area contributed by atoms with E-state index < -0.39 is 0 Å². The fourth-order valence-electron chi connectivity index (χ4n) is 3.95. The molecule has 105 valence electrons. The summed E-state index contributed by atoms with van der Waals surface area (Å²) < 4.78 is 0. The Labute approximate surface area is 138 Å². The molecule has 1 aromatic carbocycles. The van der Waals surface area contributed by atoms with E-state index in [1.165, 1.54) is 64.2 Å². The van der Waals surface area contributed by atoms with Gasteiger partial charge in [0, 0.05) is 0 Å². The summed E-state index contributed by atoms with van der Waals surface area (Å²) in [7, 11) is 0.0523. The molecule has 2 fully saturated rings. The first kappa shape index (κ1) is 16.6. The van der Waals surface area contributed by atoms with Gasteiger partial charge < -0.3 is 0 Å². The quantitative estimate of drug-likeness (QED) is 0.560. The average molecular weight is 281 g/mol. The molecule has 0 aliphatic heterocycles. The third-order valence-corrected chi connectivity index (χ3v) is 8.35. The van der Waals surface area contributed by atoms with Crippen LogP contribution in [0.2, 0.25) is 0 Å². The van der Waals surface area contributed by atoms with Crippen LogP contribution in [-0.2, 0) is 0 Å². The van der Waals surface area contributed by atoms with Crippen LogP contribution in [0.5, 0.6) is 0 Å². The van der Waals surface area contributed by atoms with Crippen LogP contribution in [0.3, 0.4) is 0 Å². The van der Waals surface area contributed by atoms with Crippen molar-refractivity contribution in [3.63, 3.8) is 0 Å². The van der Waals surface area contributed by atoms with Gasteiger partial charge in [0.15, 0.2) is 0 Å². The summed E-state index contributed by atoms with van der Waals surface area (Å²) >= 11 is 0. The molecule has 0 saturated heterocycles. The molecule has 20 heavy (non-hydrogen) atoms. The maximum Gasteiger partial charge on any atom is -0.0100 e. The van der Waals surface area contributed by atoms with E-state index in [2.05, 4.69) is 30.3 Å². The van der Waals surface area contributed by atoms with E-state index in [0.717, 1.165) is 11.3 Å². The van der Waals surface area contributed by atoms with Crippen LogP contribution in [0.4, 0.5) is 0 Å². The monoisotopic (exact) mass is 281 g/mol. The number of benzene rings is 1. The molecule has 0 nitrogen and oxygen atoms in total. The Morgan fingerprint density at radius 3 is 1.80 bits per heavy atom. The number of hydrogen-bond donors (Lipinski definition) is 0. The normalized spacial score (nSPS) is 21.6. The van der Waals surface area contributed by atoms with Crippen molar-refractivity contribution in [2.45, 2.75) is 75.5 Å². The van der Waals surface area contributed by atoms with E-state index in [4.69, 9.17) is 0 Å². The molecule has 2 aliphatic carbocycles. The Hall–Kier alpha value is 0.247. The molecule has 3 rings (SSSR count). The van der Waals surface area contributed by atoms with Crippen LogP contribution in [0.15, 0.2) is 24.3 Å². The fourth-order valence-corrected chi connectivity index (χ4v) is 7.66. The van der Waals surface area contributed by atoms with Crippen molar-refractivity contribution in [1.82, 2.24) is 0 Å². The van der Waals surface area contributed by atoms with E-state index in [-0.39, 0.29) is 26.8 Å². The zero-order valence-corrected chi connectivity index (χ0v) is 12.9. The van der Waals surface area contributed by atoms with Gasteiger partial charge in [-0.3, -0.25) is 0 Å². The third-order valence-electron chi connectivity index (χ3n) is 4.91. The predicted molar refractivity (Wildman–Crippen MR) is 92.7 cm³/mol. The summed E-state index contributed by atoms with van der Waals surface area (Å²) in [5.74, 6) is 0. The molecule has 0 atom stereocenters. The second-order valence-corrected chi connectivity index (χ2v) is 9.00. The molecule has 2 aliphatic rings. The van der Waals surface area contributed by atoms with Crippen LogP contribution >= 0.6 is 7.92 Å². The van der Waals surface area contributed by atoms with Crippen LogP contribution in [0.25, 0.3) is 0 Å². The molecular weight excluding hydrogens is 254 g/mol. The molecule has 0 spiro atoms. The second-order valence-electron chi connectivity index (χ2n) is 6.24. The zero-order valence-electron chi connectivity index (χ0n) is 12.0. The van der Waals surface area contributed by atoms with Crippen molar-refractivity contribution in [2.75, 3.05) is 0 Å². The number of rotatable bonds is 3. The molecular formula is C18H27LiP. The fraction of sp³-hybridized carbons (Fsp3) is 0.667. The smallest absolute Gasteiger partial charge is 0.0100 e. The van der Waals surface area contributed by atoms with Gasteiger partial charge >= 0.3 is 18.9 Å². The van der Waals surface area contributed by atoms with Crippen LogP contribution in [0.1, 0.15) is 64.2 Å². The van der Waals surface area contributed by atoms with Crippen LogP contribution in [-0.4, -0.2) is 30.2 Å². The average Bonchev–Trinajstić information content (AvgIpc) is 2.51. The van der Waals surface area contributed by atoms with Gasteiger partial charge in [-0.15, -0.1) is 0 Å². The van der Waals surface area contributed by atoms with Gasteiger partial charge in [0.25, 0.3) is 0 Å². The first-order valence-corrected chi connectivity index (χ1v) is 9.68. The van der Waals surface area contributed by atoms with Crippen molar-refractivity contribution in [2.24, 2.45) is 0 Å². The van der Waals surface area contributed by atoms with Gasteiger partial charge in [0.05, 0.1) is 0 Å².